The van der Waals surface area contributed by atoms with Crippen molar-refractivity contribution in [2.75, 3.05) is 24.8 Å². The Morgan fingerprint density at radius 3 is 2.30 bits per heavy atom. The molecule has 0 aromatic heterocycles. The fourth-order valence-corrected chi connectivity index (χ4v) is 4.55. The lowest BCUT2D eigenvalue weighted by atomic mass is 9.90. The Labute approximate surface area is 239 Å². The third-order valence-electron chi connectivity index (χ3n) is 6.73. The number of anilines is 2. The molecule has 40 heavy (non-hydrogen) atoms. The molecular formula is C35H42N2O3. The van der Waals surface area contributed by atoms with Crippen molar-refractivity contribution in [2.24, 2.45) is 5.92 Å². The fourth-order valence-electron chi connectivity index (χ4n) is 4.55. The van der Waals surface area contributed by atoms with E-state index in [9.17, 15) is 4.79 Å². The normalized spacial score (nSPS) is 12.6. The van der Waals surface area contributed by atoms with Crippen molar-refractivity contribution < 1.29 is 14.3 Å². The van der Waals surface area contributed by atoms with Gasteiger partial charge in [-0.25, -0.2) is 4.79 Å². The number of nitrogens with two attached hydrogens (primary N) is 1. The molecule has 5 heteroatoms. The fraction of sp³-hybridized carbons (Fsp3) is 0.286. The van der Waals surface area contributed by atoms with Crippen molar-refractivity contribution >= 4 is 35.9 Å². The Morgan fingerprint density at radius 1 is 1.02 bits per heavy atom. The summed E-state index contributed by atoms with van der Waals surface area (Å²) in [5.74, 6) is 2.41. The van der Waals surface area contributed by atoms with Crippen LogP contribution in [0.25, 0.3) is 23.3 Å². The number of hydrogen-bond donors (Lipinski definition) is 1. The van der Waals surface area contributed by atoms with Crippen molar-refractivity contribution in [1.29, 1.82) is 0 Å². The maximum absolute atomic E-state index is 9.89. The first-order valence-electron chi connectivity index (χ1n) is 13.7. The zero-order valence-corrected chi connectivity index (χ0v) is 24.0. The van der Waals surface area contributed by atoms with Crippen LogP contribution in [-0.2, 0) is 20.9 Å². The molecule has 0 heterocycles. The molecule has 1 saturated carbocycles. The number of carbonyl (C=O) groups excluding carboxylic acids is 2. The van der Waals surface area contributed by atoms with Crippen LogP contribution >= 0.6 is 0 Å². The standard InChI is InChI=1S/C25H26N2.C8H12O.C2H4O2/c1-4-7-19-8-6-9-24(16-19)27(3)18-20-10-12-22(13-11-20)23-14-15-25(26)21(5-2)17-23;9-7-6-8-4-2-1-3-5-8;1-4-2-3/h4-17H,2,18,26H2,1,3H3;6,8H,1-5H2;2H,1H3/b7-4+;;. The maximum Gasteiger partial charge on any atom is 0.292 e. The Morgan fingerprint density at radius 2 is 1.70 bits per heavy atom. The van der Waals surface area contributed by atoms with E-state index < -0.39 is 0 Å². The second-order valence-corrected chi connectivity index (χ2v) is 9.71. The average molecular weight is 539 g/mol. The molecule has 210 valence electrons. The first-order valence-corrected chi connectivity index (χ1v) is 13.7. The molecule has 1 aliphatic carbocycles. The lowest BCUT2D eigenvalue weighted by Crippen LogP contribution is -2.16. The molecule has 0 saturated heterocycles. The lowest BCUT2D eigenvalue weighted by Gasteiger charge is -2.20. The summed E-state index contributed by atoms with van der Waals surface area (Å²) in [6.45, 7) is 7.10. The van der Waals surface area contributed by atoms with Crippen LogP contribution in [0.3, 0.4) is 0 Å². The molecule has 4 rings (SSSR count). The number of nitrogen functional groups attached to an aromatic ring is 1. The van der Waals surface area contributed by atoms with Gasteiger partial charge >= 0.3 is 0 Å². The molecule has 0 atom stereocenters. The van der Waals surface area contributed by atoms with Gasteiger partial charge in [-0.2, -0.15) is 0 Å². The zero-order chi connectivity index (χ0) is 29.2. The minimum absolute atomic E-state index is 0.375. The highest BCUT2D eigenvalue weighted by Gasteiger charge is 2.09. The van der Waals surface area contributed by atoms with Gasteiger partial charge in [0, 0.05) is 31.0 Å². The van der Waals surface area contributed by atoms with Crippen LogP contribution in [-0.4, -0.2) is 26.6 Å². The molecule has 1 fully saturated rings. The van der Waals surface area contributed by atoms with Crippen LogP contribution in [0.5, 0.6) is 0 Å². The Bertz CT molecular complexity index is 1270. The number of allylic oxidation sites excluding steroid dienone is 2. The molecule has 0 unspecified atom stereocenters. The van der Waals surface area contributed by atoms with E-state index in [1.165, 1.54) is 61.6 Å². The molecule has 3 aromatic carbocycles. The van der Waals surface area contributed by atoms with E-state index in [1.54, 1.807) is 12.2 Å². The molecule has 0 spiro atoms. The van der Waals surface area contributed by atoms with Crippen molar-refractivity contribution in [3.63, 3.8) is 0 Å². The molecule has 0 bridgehead atoms. The van der Waals surface area contributed by atoms with E-state index in [0.29, 0.717) is 12.4 Å². The summed E-state index contributed by atoms with van der Waals surface area (Å²) in [7, 11) is 3.44. The van der Waals surface area contributed by atoms with Gasteiger partial charge in [-0.05, 0) is 77.8 Å². The number of nitrogens with zero attached hydrogens (tertiary/aromatic N) is 1. The quantitative estimate of drug-likeness (QED) is 0.179. The first-order chi connectivity index (χ1) is 19.4. The topological polar surface area (TPSA) is 72.6 Å². The largest absolute Gasteiger partial charge is 0.471 e. The highest BCUT2D eigenvalue weighted by atomic mass is 16.5. The summed E-state index contributed by atoms with van der Waals surface area (Å²) in [6, 6.07) is 23.3. The number of benzene rings is 3. The zero-order valence-electron chi connectivity index (χ0n) is 24.0. The SMILES string of the molecule is C=Cc1cc(-c2ccc(CN(C)c3cccc(/C=C/C)c3)cc2)ccc1N.COC=O.O=C=CC1CCCCC1. The number of methoxy groups -OCH3 is 1. The van der Waals surface area contributed by atoms with E-state index in [2.05, 4.69) is 96.1 Å². The van der Waals surface area contributed by atoms with Gasteiger partial charge in [0.1, 0.15) is 5.94 Å². The number of ether oxygens (including phenoxy) is 1. The summed E-state index contributed by atoms with van der Waals surface area (Å²) in [5.41, 5.74) is 13.7. The number of carbonyl (C=O) groups is 1. The molecule has 2 N–H and O–H groups in total. The van der Waals surface area contributed by atoms with Gasteiger partial charge in [-0.15, -0.1) is 0 Å². The molecule has 0 radical (unpaired) electrons. The third-order valence-corrected chi connectivity index (χ3v) is 6.73. The third kappa shape index (κ3) is 10.8. The van der Waals surface area contributed by atoms with Crippen LogP contribution in [0.1, 0.15) is 55.7 Å². The molecule has 5 nitrogen and oxygen atoms in total. The van der Waals surface area contributed by atoms with Crippen molar-refractivity contribution in [1.82, 2.24) is 0 Å². The van der Waals surface area contributed by atoms with Gasteiger partial charge in [0.2, 0.25) is 0 Å². The minimum atomic E-state index is 0.375. The maximum atomic E-state index is 9.89. The second kappa shape index (κ2) is 18.0. The van der Waals surface area contributed by atoms with Gasteiger partial charge in [0.05, 0.1) is 7.11 Å². The Balaban J connectivity index is 0.000000356. The van der Waals surface area contributed by atoms with Gasteiger partial charge in [-0.1, -0.05) is 86.5 Å². The van der Waals surface area contributed by atoms with Crippen molar-refractivity contribution in [2.45, 2.75) is 45.6 Å². The summed E-state index contributed by atoms with van der Waals surface area (Å²) in [4.78, 5) is 21.1. The smallest absolute Gasteiger partial charge is 0.292 e. The van der Waals surface area contributed by atoms with Crippen molar-refractivity contribution in [3.05, 3.63) is 102 Å². The van der Waals surface area contributed by atoms with E-state index in [1.807, 2.05) is 18.9 Å². The van der Waals surface area contributed by atoms with Crippen LogP contribution in [0.2, 0.25) is 0 Å². The van der Waals surface area contributed by atoms with E-state index in [0.717, 1.165) is 23.4 Å². The van der Waals surface area contributed by atoms with E-state index >= 15 is 0 Å². The van der Waals surface area contributed by atoms with Crippen LogP contribution < -0.4 is 10.6 Å². The van der Waals surface area contributed by atoms with E-state index in [4.69, 9.17) is 10.5 Å². The Hall–Kier alpha value is -4.34. The number of hydrogen-bond acceptors (Lipinski definition) is 5. The van der Waals surface area contributed by atoms with Gasteiger partial charge in [0.15, 0.2) is 0 Å². The predicted molar refractivity (Wildman–Crippen MR) is 170 cm³/mol. The monoisotopic (exact) mass is 538 g/mol. The van der Waals surface area contributed by atoms with Crippen LogP contribution in [0, 0.1) is 5.92 Å². The molecule has 0 aliphatic heterocycles. The molecular weight excluding hydrogens is 496 g/mol. The van der Waals surface area contributed by atoms with Gasteiger partial charge < -0.3 is 15.4 Å². The summed E-state index contributed by atoms with van der Waals surface area (Å²) in [6.07, 6.45) is 14.0. The van der Waals surface area contributed by atoms with Gasteiger partial charge in [0.25, 0.3) is 6.47 Å². The van der Waals surface area contributed by atoms with Gasteiger partial charge in [-0.3, -0.25) is 4.79 Å². The minimum Gasteiger partial charge on any atom is -0.471 e. The highest BCUT2D eigenvalue weighted by Crippen LogP contribution is 2.26. The van der Waals surface area contributed by atoms with Crippen LogP contribution in [0.15, 0.2) is 85.5 Å². The lowest BCUT2D eigenvalue weighted by molar-refractivity contribution is -0.126. The second-order valence-electron chi connectivity index (χ2n) is 9.71. The average Bonchev–Trinajstić information content (AvgIpc) is 2.99. The summed E-state index contributed by atoms with van der Waals surface area (Å²) < 4.78 is 3.86. The first kappa shape index (κ1) is 31.9. The summed E-state index contributed by atoms with van der Waals surface area (Å²) >= 11 is 0. The Kier molecular flexibility index (Phi) is 14.4. The number of rotatable bonds is 8. The van der Waals surface area contributed by atoms with Crippen LogP contribution in [0.4, 0.5) is 11.4 Å². The molecule has 3 aromatic rings. The molecule has 0 amide bonds. The van der Waals surface area contributed by atoms with E-state index in [-0.39, 0.29) is 0 Å². The predicted octanol–water partition coefficient (Wildman–Crippen LogP) is 7.99. The summed E-state index contributed by atoms with van der Waals surface area (Å²) in [5, 5.41) is 0. The highest BCUT2D eigenvalue weighted by molar-refractivity contribution is 5.73. The van der Waals surface area contributed by atoms with Crippen molar-refractivity contribution in [3.8, 4) is 11.1 Å². The molecule has 1 aliphatic rings.